The van der Waals surface area contributed by atoms with Gasteiger partial charge in [-0.15, -0.1) is 0 Å². The van der Waals surface area contributed by atoms with Crippen molar-refractivity contribution in [3.8, 4) is 17.2 Å². The van der Waals surface area contributed by atoms with Gasteiger partial charge in [0.25, 0.3) is 5.91 Å². The van der Waals surface area contributed by atoms with Crippen LogP contribution < -0.4 is 19.6 Å². The van der Waals surface area contributed by atoms with Crippen molar-refractivity contribution in [2.24, 2.45) is 5.10 Å². The largest absolute Gasteiger partial charge is 0.493 e. The van der Waals surface area contributed by atoms with E-state index in [-0.39, 0.29) is 5.91 Å². The molecule has 2 aromatic rings. The monoisotopic (exact) mass is 320 g/mol. The van der Waals surface area contributed by atoms with Gasteiger partial charge in [0.05, 0.1) is 27.5 Å². The highest BCUT2D eigenvalue weighted by atomic mass is 32.1. The number of nitrogens with zero attached hydrogens (tertiary/aromatic N) is 1. The van der Waals surface area contributed by atoms with E-state index in [0.29, 0.717) is 22.8 Å². The molecular weight excluding hydrogens is 304 g/mol. The van der Waals surface area contributed by atoms with E-state index in [9.17, 15) is 4.79 Å². The van der Waals surface area contributed by atoms with Crippen LogP contribution in [0.4, 0.5) is 0 Å². The fourth-order valence-electron chi connectivity index (χ4n) is 1.79. The lowest BCUT2D eigenvalue weighted by Gasteiger charge is -2.13. The number of amides is 1. The molecule has 0 saturated carbocycles. The maximum atomic E-state index is 12.1. The van der Waals surface area contributed by atoms with E-state index in [1.807, 2.05) is 16.8 Å². The fraction of sp³-hybridized carbons (Fsp3) is 0.200. The zero-order valence-electron chi connectivity index (χ0n) is 12.5. The van der Waals surface area contributed by atoms with Crippen molar-refractivity contribution in [3.05, 3.63) is 40.1 Å². The van der Waals surface area contributed by atoms with E-state index in [4.69, 9.17) is 14.2 Å². The van der Waals surface area contributed by atoms with Gasteiger partial charge in [-0.05, 0) is 29.0 Å². The van der Waals surface area contributed by atoms with E-state index in [1.165, 1.54) is 21.3 Å². The topological polar surface area (TPSA) is 69.2 Å². The Morgan fingerprint density at radius 3 is 2.36 bits per heavy atom. The van der Waals surface area contributed by atoms with Crippen molar-refractivity contribution in [3.63, 3.8) is 0 Å². The molecule has 2 rings (SSSR count). The summed E-state index contributed by atoms with van der Waals surface area (Å²) in [5.41, 5.74) is 3.74. The first kappa shape index (κ1) is 15.8. The molecule has 0 atom stereocenters. The normalized spacial score (nSPS) is 10.5. The van der Waals surface area contributed by atoms with Gasteiger partial charge in [0.1, 0.15) is 0 Å². The lowest BCUT2D eigenvalue weighted by atomic mass is 10.1. The second-order valence-electron chi connectivity index (χ2n) is 4.17. The van der Waals surface area contributed by atoms with E-state index in [1.54, 1.807) is 29.7 Å². The molecule has 6 nitrogen and oxygen atoms in total. The molecular formula is C15H16N2O4S. The van der Waals surface area contributed by atoms with Crippen LogP contribution in [0, 0.1) is 0 Å². The Kier molecular flexibility index (Phi) is 5.37. The van der Waals surface area contributed by atoms with Gasteiger partial charge in [-0.3, -0.25) is 4.79 Å². The summed E-state index contributed by atoms with van der Waals surface area (Å²) in [6, 6.07) is 5.04. The highest BCUT2D eigenvalue weighted by Gasteiger charge is 2.16. The summed E-state index contributed by atoms with van der Waals surface area (Å²) in [5, 5.41) is 7.77. The molecule has 0 unspecified atom stereocenters. The predicted molar refractivity (Wildman–Crippen MR) is 85.5 cm³/mol. The number of rotatable bonds is 6. The minimum absolute atomic E-state index is 0.358. The summed E-state index contributed by atoms with van der Waals surface area (Å²) in [5.74, 6) is 0.886. The number of hydrazone groups is 1. The minimum atomic E-state index is -0.370. The highest BCUT2D eigenvalue weighted by molar-refractivity contribution is 7.08. The Balaban J connectivity index is 2.18. The van der Waals surface area contributed by atoms with Gasteiger partial charge in [-0.2, -0.15) is 16.4 Å². The lowest BCUT2D eigenvalue weighted by Crippen LogP contribution is -2.17. The van der Waals surface area contributed by atoms with Crippen LogP contribution in [-0.4, -0.2) is 33.5 Å². The number of carbonyl (C=O) groups excluding carboxylic acids is 1. The fourth-order valence-corrected chi connectivity index (χ4v) is 2.40. The molecule has 0 radical (unpaired) electrons. The number of carbonyl (C=O) groups is 1. The van der Waals surface area contributed by atoms with Crippen LogP contribution in [0.2, 0.25) is 0 Å². The molecule has 1 amide bonds. The molecule has 0 saturated heterocycles. The minimum Gasteiger partial charge on any atom is -0.493 e. The Labute approximate surface area is 132 Å². The van der Waals surface area contributed by atoms with Crippen LogP contribution in [0.15, 0.2) is 34.1 Å². The summed E-state index contributed by atoms with van der Waals surface area (Å²) in [6.07, 6.45) is 1.58. The second-order valence-corrected chi connectivity index (χ2v) is 4.95. The van der Waals surface area contributed by atoms with Crippen LogP contribution in [0.3, 0.4) is 0 Å². The third kappa shape index (κ3) is 3.56. The highest BCUT2D eigenvalue weighted by Crippen LogP contribution is 2.38. The second kappa shape index (κ2) is 7.46. The number of hydrogen-bond acceptors (Lipinski definition) is 6. The van der Waals surface area contributed by atoms with Crippen molar-refractivity contribution in [2.45, 2.75) is 0 Å². The number of nitrogens with one attached hydrogen (secondary N) is 1. The number of ether oxygens (including phenoxy) is 3. The Morgan fingerprint density at radius 1 is 1.18 bits per heavy atom. The summed E-state index contributed by atoms with van der Waals surface area (Å²) < 4.78 is 15.6. The van der Waals surface area contributed by atoms with Gasteiger partial charge in [-0.1, -0.05) is 0 Å². The number of hydrogen-bond donors (Lipinski definition) is 1. The molecule has 0 spiro atoms. The lowest BCUT2D eigenvalue weighted by molar-refractivity contribution is 0.0954. The molecule has 0 aliphatic carbocycles. The molecule has 22 heavy (non-hydrogen) atoms. The first-order chi connectivity index (χ1) is 10.7. The predicted octanol–water partition coefficient (Wildman–Crippen LogP) is 2.54. The van der Waals surface area contributed by atoms with Crippen LogP contribution in [0.1, 0.15) is 15.9 Å². The van der Waals surface area contributed by atoms with E-state index in [0.717, 1.165) is 5.56 Å². The molecule has 1 aromatic carbocycles. The third-order valence-corrected chi connectivity index (χ3v) is 3.55. The van der Waals surface area contributed by atoms with Gasteiger partial charge in [0, 0.05) is 11.1 Å². The molecule has 1 aromatic heterocycles. The molecule has 1 N–H and O–H groups in total. The zero-order chi connectivity index (χ0) is 15.9. The molecule has 0 aliphatic heterocycles. The molecule has 0 aliphatic rings. The maximum Gasteiger partial charge on any atom is 0.271 e. The summed E-state index contributed by atoms with van der Waals surface area (Å²) in [6.45, 7) is 0. The van der Waals surface area contributed by atoms with Crippen molar-refractivity contribution < 1.29 is 19.0 Å². The Hall–Kier alpha value is -2.54. The maximum absolute atomic E-state index is 12.1. The van der Waals surface area contributed by atoms with Crippen molar-refractivity contribution in [2.75, 3.05) is 21.3 Å². The van der Waals surface area contributed by atoms with Crippen molar-refractivity contribution in [1.82, 2.24) is 5.43 Å². The van der Waals surface area contributed by atoms with Crippen LogP contribution >= 0.6 is 11.3 Å². The molecule has 7 heteroatoms. The molecule has 0 bridgehead atoms. The van der Waals surface area contributed by atoms with Crippen LogP contribution in [0.5, 0.6) is 17.2 Å². The summed E-state index contributed by atoms with van der Waals surface area (Å²) in [4.78, 5) is 12.1. The number of benzene rings is 1. The Morgan fingerprint density at radius 2 is 1.86 bits per heavy atom. The van der Waals surface area contributed by atoms with Crippen LogP contribution in [-0.2, 0) is 0 Å². The summed E-state index contributed by atoms with van der Waals surface area (Å²) >= 11 is 1.56. The standard InChI is InChI=1S/C15H16N2O4S/c1-19-12-6-11(7-13(20-2)14(12)21-3)15(18)17-16-8-10-4-5-22-9-10/h4-9H,1-3H3,(H,17,18)/b16-8+. The summed E-state index contributed by atoms with van der Waals surface area (Å²) in [7, 11) is 4.49. The van der Waals surface area contributed by atoms with Gasteiger partial charge < -0.3 is 14.2 Å². The van der Waals surface area contributed by atoms with E-state index >= 15 is 0 Å². The first-order valence-electron chi connectivity index (χ1n) is 6.35. The van der Waals surface area contributed by atoms with Gasteiger partial charge in [0.2, 0.25) is 5.75 Å². The van der Waals surface area contributed by atoms with E-state index in [2.05, 4.69) is 10.5 Å². The smallest absolute Gasteiger partial charge is 0.271 e. The average molecular weight is 320 g/mol. The number of methoxy groups -OCH3 is 3. The molecule has 1 heterocycles. The quantitative estimate of drug-likeness (QED) is 0.656. The third-order valence-electron chi connectivity index (χ3n) is 2.85. The van der Waals surface area contributed by atoms with Gasteiger partial charge in [-0.25, -0.2) is 5.43 Å². The number of thiophene rings is 1. The van der Waals surface area contributed by atoms with Crippen molar-refractivity contribution >= 4 is 23.5 Å². The molecule has 0 fully saturated rings. The SMILES string of the molecule is COc1cc(C(=O)N/N=C/c2ccsc2)cc(OC)c1OC. The first-order valence-corrected chi connectivity index (χ1v) is 7.29. The molecule has 116 valence electrons. The Bertz CT molecular complexity index is 643. The van der Waals surface area contributed by atoms with Gasteiger partial charge in [0.15, 0.2) is 11.5 Å². The average Bonchev–Trinajstić information content (AvgIpc) is 3.06. The van der Waals surface area contributed by atoms with Gasteiger partial charge >= 0.3 is 0 Å². The zero-order valence-corrected chi connectivity index (χ0v) is 13.3. The van der Waals surface area contributed by atoms with E-state index < -0.39 is 0 Å². The van der Waals surface area contributed by atoms with Crippen molar-refractivity contribution in [1.29, 1.82) is 0 Å². The van der Waals surface area contributed by atoms with Crippen LogP contribution in [0.25, 0.3) is 0 Å².